The highest BCUT2D eigenvalue weighted by Gasteiger charge is 2.14. The molecular weight excluding hydrogens is 340 g/mol. The predicted molar refractivity (Wildman–Crippen MR) is 101 cm³/mol. The van der Waals surface area contributed by atoms with E-state index in [4.69, 9.17) is 0 Å². The monoisotopic (exact) mass is 364 g/mol. The van der Waals surface area contributed by atoms with Gasteiger partial charge in [-0.2, -0.15) is 5.10 Å². The summed E-state index contributed by atoms with van der Waals surface area (Å²) < 4.78 is 4.08. The fraction of sp³-hybridized carbons (Fsp3) is 0.400. The Labute approximate surface area is 158 Å². The summed E-state index contributed by atoms with van der Waals surface area (Å²) in [6.45, 7) is 2.25. The number of nitrogens with zero attached hydrogens (tertiary/aromatic N) is 5. The van der Waals surface area contributed by atoms with Crippen molar-refractivity contribution in [2.75, 3.05) is 6.54 Å². The minimum Gasteiger partial charge on any atom is -0.352 e. The van der Waals surface area contributed by atoms with Crippen LogP contribution in [0.5, 0.6) is 0 Å². The molecule has 1 amide bonds. The number of hydrogen-bond donors (Lipinski definition) is 1. The number of hydrogen-bond acceptors (Lipinski definition) is 4. The summed E-state index contributed by atoms with van der Waals surface area (Å²) in [7, 11) is 0. The van der Waals surface area contributed by atoms with Crippen LogP contribution in [0.4, 0.5) is 0 Å². The standard InChI is InChI=1S/C20H24N6O/c27-20(17-8-6-16(7-9-17)15-25-13-4-11-22-25)21-12-10-19-24-23-18-5-2-1-3-14-26(18)19/h4,6-9,11,13H,1-3,5,10,12,14-15H2,(H,21,27). The molecule has 3 heterocycles. The van der Waals surface area contributed by atoms with E-state index in [0.717, 1.165) is 30.2 Å². The minimum absolute atomic E-state index is 0.0590. The van der Waals surface area contributed by atoms with Gasteiger partial charge in [0.05, 0.1) is 6.54 Å². The number of amides is 1. The van der Waals surface area contributed by atoms with Crippen LogP contribution in [0.2, 0.25) is 0 Å². The Kier molecular flexibility index (Phi) is 5.27. The highest BCUT2D eigenvalue weighted by Crippen LogP contribution is 2.14. The van der Waals surface area contributed by atoms with Gasteiger partial charge in [-0.25, -0.2) is 0 Å². The lowest BCUT2D eigenvalue weighted by Gasteiger charge is -2.08. The number of aryl methyl sites for hydroxylation is 1. The summed E-state index contributed by atoms with van der Waals surface area (Å²) in [5, 5.41) is 15.8. The highest BCUT2D eigenvalue weighted by molar-refractivity contribution is 5.94. The third kappa shape index (κ3) is 4.24. The SMILES string of the molecule is O=C(NCCc1nnc2n1CCCCC2)c1ccc(Cn2cccn2)cc1. The van der Waals surface area contributed by atoms with E-state index in [1.807, 2.05) is 41.2 Å². The lowest BCUT2D eigenvalue weighted by molar-refractivity contribution is 0.0954. The first kappa shape index (κ1) is 17.5. The molecule has 0 saturated carbocycles. The molecule has 4 rings (SSSR count). The molecule has 0 saturated heterocycles. The molecule has 3 aromatic rings. The van der Waals surface area contributed by atoms with Gasteiger partial charge in [0.1, 0.15) is 11.6 Å². The van der Waals surface area contributed by atoms with Crippen molar-refractivity contribution in [2.24, 2.45) is 0 Å². The molecule has 7 heteroatoms. The normalized spacial score (nSPS) is 13.8. The molecule has 1 aliphatic heterocycles. The second-order valence-electron chi connectivity index (χ2n) is 6.90. The zero-order chi connectivity index (χ0) is 18.5. The van der Waals surface area contributed by atoms with Crippen molar-refractivity contribution in [1.29, 1.82) is 0 Å². The smallest absolute Gasteiger partial charge is 0.251 e. The maximum Gasteiger partial charge on any atom is 0.251 e. The first-order valence-electron chi connectivity index (χ1n) is 9.55. The van der Waals surface area contributed by atoms with Gasteiger partial charge in [0.15, 0.2) is 0 Å². The Hall–Kier alpha value is -2.96. The summed E-state index contributed by atoms with van der Waals surface area (Å²) in [5.41, 5.74) is 1.78. The largest absolute Gasteiger partial charge is 0.352 e. The zero-order valence-electron chi connectivity index (χ0n) is 15.3. The van der Waals surface area contributed by atoms with Gasteiger partial charge in [-0.3, -0.25) is 9.48 Å². The molecule has 1 N–H and O–H groups in total. The summed E-state index contributed by atoms with van der Waals surface area (Å²) in [5.74, 6) is 2.00. The summed E-state index contributed by atoms with van der Waals surface area (Å²) in [6.07, 6.45) is 9.00. The molecule has 0 fully saturated rings. The number of nitrogens with one attached hydrogen (secondary N) is 1. The number of carbonyl (C=O) groups is 1. The fourth-order valence-corrected chi connectivity index (χ4v) is 3.46. The predicted octanol–water partition coefficient (Wildman–Crippen LogP) is 2.22. The second-order valence-corrected chi connectivity index (χ2v) is 6.90. The Morgan fingerprint density at radius 2 is 2.00 bits per heavy atom. The topological polar surface area (TPSA) is 77.6 Å². The molecule has 0 aliphatic carbocycles. The van der Waals surface area contributed by atoms with Crippen molar-refractivity contribution in [2.45, 2.75) is 45.2 Å². The van der Waals surface area contributed by atoms with Gasteiger partial charge in [0, 0.05) is 43.9 Å². The quantitative estimate of drug-likeness (QED) is 0.727. The molecule has 0 atom stereocenters. The molecule has 1 aromatic carbocycles. The summed E-state index contributed by atoms with van der Waals surface area (Å²) in [4.78, 5) is 12.4. The Balaban J connectivity index is 1.30. The molecule has 140 valence electrons. The third-order valence-corrected chi connectivity index (χ3v) is 4.94. The van der Waals surface area contributed by atoms with Crippen LogP contribution in [-0.4, -0.2) is 37.0 Å². The van der Waals surface area contributed by atoms with Crippen LogP contribution in [0.15, 0.2) is 42.7 Å². The first-order chi connectivity index (χ1) is 13.3. The van der Waals surface area contributed by atoms with Crippen molar-refractivity contribution in [3.8, 4) is 0 Å². The summed E-state index contributed by atoms with van der Waals surface area (Å²) in [6, 6.07) is 9.55. The maximum atomic E-state index is 12.4. The van der Waals surface area contributed by atoms with E-state index in [0.29, 0.717) is 25.1 Å². The van der Waals surface area contributed by atoms with Crippen LogP contribution in [0.25, 0.3) is 0 Å². The first-order valence-corrected chi connectivity index (χ1v) is 9.55. The van der Waals surface area contributed by atoms with Crippen LogP contribution in [0, 0.1) is 0 Å². The lowest BCUT2D eigenvalue weighted by Crippen LogP contribution is -2.26. The third-order valence-electron chi connectivity index (χ3n) is 4.94. The molecule has 0 radical (unpaired) electrons. The molecular formula is C20H24N6O. The molecule has 0 bridgehead atoms. The van der Waals surface area contributed by atoms with Gasteiger partial charge in [0.25, 0.3) is 5.91 Å². The van der Waals surface area contributed by atoms with Crippen LogP contribution in [0.3, 0.4) is 0 Å². The average Bonchev–Trinajstić information content (AvgIpc) is 3.26. The molecule has 0 unspecified atom stereocenters. The fourth-order valence-electron chi connectivity index (χ4n) is 3.46. The van der Waals surface area contributed by atoms with E-state index in [9.17, 15) is 4.79 Å². The van der Waals surface area contributed by atoms with Crippen molar-refractivity contribution < 1.29 is 4.79 Å². The molecule has 7 nitrogen and oxygen atoms in total. The zero-order valence-corrected chi connectivity index (χ0v) is 15.3. The number of carbonyl (C=O) groups excluding carboxylic acids is 1. The Morgan fingerprint density at radius 1 is 1.11 bits per heavy atom. The van der Waals surface area contributed by atoms with E-state index < -0.39 is 0 Å². The van der Waals surface area contributed by atoms with Crippen LogP contribution in [0.1, 0.15) is 46.8 Å². The van der Waals surface area contributed by atoms with Crippen molar-refractivity contribution in [3.05, 3.63) is 65.5 Å². The molecule has 2 aromatic heterocycles. The van der Waals surface area contributed by atoms with Crippen LogP contribution >= 0.6 is 0 Å². The molecule has 1 aliphatic rings. The van der Waals surface area contributed by atoms with Crippen molar-refractivity contribution in [3.63, 3.8) is 0 Å². The van der Waals surface area contributed by atoms with Crippen LogP contribution in [-0.2, 0) is 25.9 Å². The maximum absolute atomic E-state index is 12.4. The van der Waals surface area contributed by atoms with Gasteiger partial charge in [-0.15, -0.1) is 10.2 Å². The highest BCUT2D eigenvalue weighted by atomic mass is 16.1. The Morgan fingerprint density at radius 3 is 2.81 bits per heavy atom. The minimum atomic E-state index is -0.0590. The number of fused-ring (bicyclic) bond motifs is 1. The number of rotatable bonds is 6. The van der Waals surface area contributed by atoms with Gasteiger partial charge < -0.3 is 9.88 Å². The van der Waals surface area contributed by atoms with Crippen molar-refractivity contribution in [1.82, 2.24) is 29.9 Å². The second kappa shape index (κ2) is 8.16. The lowest BCUT2D eigenvalue weighted by atomic mass is 10.1. The van der Waals surface area contributed by atoms with Gasteiger partial charge in [-0.05, 0) is 36.6 Å². The van der Waals surface area contributed by atoms with E-state index in [-0.39, 0.29) is 5.91 Å². The van der Waals surface area contributed by atoms with Gasteiger partial charge >= 0.3 is 0 Å². The number of benzene rings is 1. The Bertz CT molecular complexity index is 882. The van der Waals surface area contributed by atoms with E-state index in [2.05, 4.69) is 25.2 Å². The van der Waals surface area contributed by atoms with E-state index >= 15 is 0 Å². The van der Waals surface area contributed by atoms with Gasteiger partial charge in [0.2, 0.25) is 0 Å². The molecule has 0 spiro atoms. The average molecular weight is 364 g/mol. The van der Waals surface area contributed by atoms with Crippen molar-refractivity contribution >= 4 is 5.91 Å². The van der Waals surface area contributed by atoms with Crippen LogP contribution < -0.4 is 5.32 Å². The molecule has 27 heavy (non-hydrogen) atoms. The van der Waals surface area contributed by atoms with E-state index in [1.165, 1.54) is 19.3 Å². The van der Waals surface area contributed by atoms with Gasteiger partial charge in [-0.1, -0.05) is 18.6 Å². The number of aromatic nitrogens is 5. The summed E-state index contributed by atoms with van der Waals surface area (Å²) >= 11 is 0. The van der Waals surface area contributed by atoms with E-state index in [1.54, 1.807) is 6.20 Å².